The molecule has 3 rings (SSSR count). The van der Waals surface area contributed by atoms with E-state index in [4.69, 9.17) is 9.47 Å². The molecule has 2 heterocycles. The Hall–Kier alpha value is -2.50. The summed E-state index contributed by atoms with van der Waals surface area (Å²) in [5.41, 5.74) is -0.784. The first-order chi connectivity index (χ1) is 15.4. The minimum absolute atomic E-state index is 0.0177. The first kappa shape index (κ1) is 25.1. The van der Waals surface area contributed by atoms with Crippen LogP contribution in [0.4, 0.5) is 0 Å². The van der Waals surface area contributed by atoms with Crippen LogP contribution in [0.2, 0.25) is 0 Å². The number of Topliss-reactive ketones (excluding diaryl/α,β-unsaturated/α-hetero) is 1. The second kappa shape index (κ2) is 9.03. The Morgan fingerprint density at radius 3 is 2.18 bits per heavy atom. The molecule has 1 saturated carbocycles. The lowest BCUT2D eigenvalue weighted by molar-refractivity contribution is -0.161. The van der Waals surface area contributed by atoms with E-state index in [1.54, 1.807) is 13.8 Å². The van der Waals surface area contributed by atoms with Gasteiger partial charge in [-0.15, -0.1) is 0 Å². The molecule has 0 aromatic carbocycles. The van der Waals surface area contributed by atoms with Crippen LogP contribution in [-0.4, -0.2) is 40.8 Å². The number of esters is 1. The van der Waals surface area contributed by atoms with Gasteiger partial charge >= 0.3 is 5.97 Å². The summed E-state index contributed by atoms with van der Waals surface area (Å²) in [7, 11) is 0. The normalized spacial score (nSPS) is 41.8. The molecule has 2 bridgehead atoms. The minimum Gasteiger partial charge on any atom is -0.460 e. The van der Waals surface area contributed by atoms with E-state index in [9.17, 15) is 14.7 Å². The number of hydrogen-bond donors (Lipinski definition) is 1. The molecule has 5 heteroatoms. The van der Waals surface area contributed by atoms with Gasteiger partial charge in [0.05, 0.1) is 12.0 Å². The second-order valence-electron chi connectivity index (χ2n) is 10.1. The molecule has 0 spiro atoms. The first-order valence-electron chi connectivity index (χ1n) is 11.5. The van der Waals surface area contributed by atoms with Crippen molar-refractivity contribution in [3.63, 3.8) is 0 Å². The van der Waals surface area contributed by atoms with Crippen molar-refractivity contribution in [1.82, 2.24) is 0 Å². The van der Waals surface area contributed by atoms with E-state index in [1.165, 1.54) is 0 Å². The van der Waals surface area contributed by atoms with Crippen LogP contribution in [-0.2, 0) is 19.1 Å². The molecule has 2 fully saturated rings. The largest absolute Gasteiger partial charge is 0.460 e. The number of fused-ring (bicyclic) bond motifs is 2. The lowest BCUT2D eigenvalue weighted by Crippen LogP contribution is -2.46. The maximum Gasteiger partial charge on any atom is 0.320 e. The molecule has 2 aliphatic heterocycles. The van der Waals surface area contributed by atoms with Crippen LogP contribution in [0.3, 0.4) is 0 Å². The van der Waals surface area contributed by atoms with Crippen molar-refractivity contribution in [2.24, 2.45) is 16.7 Å². The molecule has 1 aliphatic carbocycles. The molecule has 1 saturated heterocycles. The summed E-state index contributed by atoms with van der Waals surface area (Å²) in [5, 5.41) is 10.7. The Balaban J connectivity index is 1.57. The van der Waals surface area contributed by atoms with Gasteiger partial charge in [-0.1, -0.05) is 68.5 Å². The van der Waals surface area contributed by atoms with Crippen LogP contribution >= 0.6 is 0 Å². The van der Waals surface area contributed by atoms with Gasteiger partial charge in [0, 0.05) is 5.41 Å². The average molecular weight is 453 g/mol. The summed E-state index contributed by atoms with van der Waals surface area (Å²) < 4.78 is 11.5. The summed E-state index contributed by atoms with van der Waals surface area (Å²) in [6, 6.07) is 0. The van der Waals surface area contributed by atoms with Crippen LogP contribution in [0.25, 0.3) is 0 Å². The molecular formula is C28H36O5. The predicted octanol–water partition coefficient (Wildman–Crippen LogP) is 4.80. The maximum atomic E-state index is 12.6. The Morgan fingerprint density at radius 1 is 1.00 bits per heavy atom. The topological polar surface area (TPSA) is 72.8 Å². The molecule has 0 amide bonds. The van der Waals surface area contributed by atoms with Crippen LogP contribution < -0.4 is 0 Å². The van der Waals surface area contributed by atoms with Gasteiger partial charge in [0.1, 0.15) is 23.2 Å². The molecule has 0 aromatic rings. The molecular weight excluding hydrogens is 416 g/mol. The van der Waals surface area contributed by atoms with E-state index in [2.05, 4.69) is 0 Å². The SMILES string of the molecule is CC1=C[C@@](C)(O)[C@H](/C(C)=C/C=C/C=C/C=C/C=C/C2(C)C3OC(=O)C2(C)C(=O)C3C)O[C@@H]1C. The van der Waals surface area contributed by atoms with Gasteiger partial charge in [-0.2, -0.15) is 0 Å². The van der Waals surface area contributed by atoms with Gasteiger partial charge in [0.15, 0.2) is 5.78 Å². The van der Waals surface area contributed by atoms with Gasteiger partial charge in [-0.3, -0.25) is 9.59 Å². The highest BCUT2D eigenvalue weighted by Gasteiger charge is 2.73. The zero-order valence-electron chi connectivity index (χ0n) is 20.7. The minimum atomic E-state index is -1.11. The van der Waals surface area contributed by atoms with Crippen molar-refractivity contribution >= 4 is 11.8 Å². The monoisotopic (exact) mass is 452 g/mol. The van der Waals surface area contributed by atoms with E-state index in [0.717, 1.165) is 11.1 Å². The number of allylic oxidation sites excluding steroid dienone is 8. The molecule has 5 nitrogen and oxygen atoms in total. The Bertz CT molecular complexity index is 992. The van der Waals surface area contributed by atoms with E-state index >= 15 is 0 Å². The fraction of sp³-hybridized carbons (Fsp3) is 0.500. The molecule has 1 N–H and O–H groups in total. The Labute approximate surface area is 197 Å². The summed E-state index contributed by atoms with van der Waals surface area (Å²) in [5.74, 6) is -0.728. The van der Waals surface area contributed by atoms with E-state index in [0.29, 0.717) is 0 Å². The van der Waals surface area contributed by atoms with Gasteiger partial charge < -0.3 is 14.6 Å². The lowest BCUT2D eigenvalue weighted by Gasteiger charge is -2.38. The molecule has 4 unspecified atom stereocenters. The quantitative estimate of drug-likeness (QED) is 0.271. The van der Waals surface area contributed by atoms with E-state index < -0.39 is 28.5 Å². The number of carbonyl (C=O) groups excluding carboxylic acids is 2. The number of ketones is 1. The second-order valence-corrected chi connectivity index (χ2v) is 10.1. The maximum absolute atomic E-state index is 12.6. The van der Waals surface area contributed by atoms with Crippen molar-refractivity contribution in [2.45, 2.75) is 72.4 Å². The molecule has 178 valence electrons. The van der Waals surface area contributed by atoms with E-state index in [1.807, 2.05) is 95.4 Å². The van der Waals surface area contributed by atoms with Crippen molar-refractivity contribution < 1.29 is 24.2 Å². The Morgan fingerprint density at radius 2 is 1.58 bits per heavy atom. The highest BCUT2D eigenvalue weighted by Crippen LogP contribution is 2.60. The summed E-state index contributed by atoms with van der Waals surface area (Å²) in [6.07, 6.45) is 18.2. The van der Waals surface area contributed by atoms with Gasteiger partial charge in [0.25, 0.3) is 0 Å². The zero-order valence-corrected chi connectivity index (χ0v) is 20.7. The average Bonchev–Trinajstić information content (AvgIpc) is 3.02. The number of rotatable bonds is 6. The van der Waals surface area contributed by atoms with Crippen molar-refractivity contribution in [1.29, 1.82) is 0 Å². The molecule has 0 aromatic heterocycles. The number of ether oxygens (including phenoxy) is 2. The molecule has 7 atom stereocenters. The highest BCUT2D eigenvalue weighted by molar-refractivity contribution is 6.10. The molecule has 3 aliphatic rings. The smallest absolute Gasteiger partial charge is 0.320 e. The van der Waals surface area contributed by atoms with Crippen LogP contribution in [0.1, 0.15) is 48.5 Å². The van der Waals surface area contributed by atoms with Crippen molar-refractivity contribution in [2.75, 3.05) is 0 Å². The number of carbonyl (C=O) groups is 2. The first-order valence-corrected chi connectivity index (χ1v) is 11.5. The van der Waals surface area contributed by atoms with Gasteiger partial charge in [0.2, 0.25) is 0 Å². The predicted molar refractivity (Wildman–Crippen MR) is 129 cm³/mol. The Kier molecular flexibility index (Phi) is 6.88. The zero-order chi connectivity index (χ0) is 24.6. The van der Waals surface area contributed by atoms with Crippen LogP contribution in [0.15, 0.2) is 71.9 Å². The summed E-state index contributed by atoms with van der Waals surface area (Å²) in [4.78, 5) is 24.8. The summed E-state index contributed by atoms with van der Waals surface area (Å²) >= 11 is 0. The lowest BCUT2D eigenvalue weighted by atomic mass is 9.68. The fourth-order valence-electron chi connectivity index (χ4n) is 5.24. The van der Waals surface area contributed by atoms with Crippen molar-refractivity contribution in [3.8, 4) is 0 Å². The molecule has 0 radical (unpaired) electrons. The van der Waals surface area contributed by atoms with Crippen LogP contribution in [0.5, 0.6) is 0 Å². The van der Waals surface area contributed by atoms with Crippen molar-refractivity contribution in [3.05, 3.63) is 71.9 Å². The number of hydrogen-bond acceptors (Lipinski definition) is 5. The van der Waals surface area contributed by atoms with Gasteiger partial charge in [-0.05, 0) is 51.8 Å². The van der Waals surface area contributed by atoms with Gasteiger partial charge in [-0.25, -0.2) is 0 Å². The van der Waals surface area contributed by atoms with E-state index in [-0.39, 0.29) is 23.9 Å². The third-order valence-corrected chi connectivity index (χ3v) is 7.59. The fourth-order valence-corrected chi connectivity index (χ4v) is 5.24. The molecule has 33 heavy (non-hydrogen) atoms. The number of aliphatic hydroxyl groups is 1. The van der Waals surface area contributed by atoms with Crippen LogP contribution in [0, 0.1) is 16.7 Å². The third kappa shape index (κ3) is 4.24. The standard InChI is InChI=1S/C28H36O5/c1-18(23-27(6,31)17-19(2)21(4)32-23)15-13-11-9-8-10-12-14-16-26(5)24-20(3)22(29)28(26,7)25(30)33-24/h8-17,20-21,23-24,31H,1-7H3/b9-8+,12-10+,13-11+,16-14+,18-15+/t20?,21-,23+,24?,26?,27-,28?/m1/s1. The third-order valence-electron chi connectivity index (χ3n) is 7.59. The highest BCUT2D eigenvalue weighted by atomic mass is 16.6. The summed E-state index contributed by atoms with van der Waals surface area (Å²) in [6.45, 7) is 13.1.